The number of hydrogen-bond donors (Lipinski definition) is 1. The molecule has 1 aliphatic heterocycles. The highest BCUT2D eigenvalue weighted by atomic mass is 15.0. The summed E-state index contributed by atoms with van der Waals surface area (Å²) < 4.78 is 0. The molecule has 1 saturated heterocycles. The average Bonchev–Trinajstić information content (AvgIpc) is 2.09. The summed E-state index contributed by atoms with van der Waals surface area (Å²) in [5.74, 6) is 0. The van der Waals surface area contributed by atoms with E-state index in [9.17, 15) is 0 Å². The first kappa shape index (κ1) is 9.05. The third-order valence-electron chi connectivity index (χ3n) is 3.52. The van der Waals surface area contributed by atoms with Crippen molar-refractivity contribution in [1.29, 1.82) is 0 Å². The zero-order valence-corrected chi connectivity index (χ0v) is 8.33. The highest BCUT2D eigenvalue weighted by Gasteiger charge is 2.43. The largest absolute Gasteiger partial charge is 0.316 e. The summed E-state index contributed by atoms with van der Waals surface area (Å²) >= 11 is 0. The minimum Gasteiger partial charge on any atom is -0.316 e. The molecule has 0 spiro atoms. The molecule has 0 aromatic heterocycles. The van der Waals surface area contributed by atoms with Crippen LogP contribution >= 0.6 is 0 Å². The van der Waals surface area contributed by atoms with E-state index in [0.29, 0.717) is 10.8 Å². The predicted octanol–water partition coefficient (Wildman–Crippen LogP) is 2.42. The van der Waals surface area contributed by atoms with Crippen molar-refractivity contribution in [2.75, 3.05) is 13.1 Å². The molecule has 0 unspecified atom stereocenters. The summed E-state index contributed by atoms with van der Waals surface area (Å²) in [5, 5.41) is 3.49. The molecule has 0 saturated carbocycles. The Hall–Kier alpha value is -0.0400. The molecule has 1 atom stereocenters. The van der Waals surface area contributed by atoms with Gasteiger partial charge in [0.2, 0.25) is 0 Å². The van der Waals surface area contributed by atoms with Gasteiger partial charge in [-0.1, -0.05) is 34.1 Å². The van der Waals surface area contributed by atoms with Crippen LogP contribution in [0.4, 0.5) is 0 Å². The summed E-state index contributed by atoms with van der Waals surface area (Å²) in [4.78, 5) is 0. The van der Waals surface area contributed by atoms with Gasteiger partial charge in [-0.05, 0) is 17.3 Å². The van der Waals surface area contributed by atoms with Crippen LogP contribution in [0, 0.1) is 10.8 Å². The Kier molecular flexibility index (Phi) is 2.29. The molecule has 1 nitrogen and oxygen atoms in total. The fourth-order valence-electron chi connectivity index (χ4n) is 2.08. The van der Waals surface area contributed by atoms with Gasteiger partial charge < -0.3 is 5.32 Å². The molecule has 1 heteroatoms. The monoisotopic (exact) mass is 155 g/mol. The molecular formula is C10H21N. The van der Waals surface area contributed by atoms with Gasteiger partial charge in [-0.2, -0.15) is 0 Å². The Morgan fingerprint density at radius 3 is 2.18 bits per heavy atom. The third-order valence-corrected chi connectivity index (χ3v) is 3.52. The van der Waals surface area contributed by atoms with Gasteiger partial charge in [0.1, 0.15) is 0 Å². The standard InChI is InChI=1S/C10H21N/c1-5-6-10(4)8-11-7-9(10,2)3/h11H,5-8H2,1-4H3/t10-/m0/s1. The Balaban J connectivity index is 2.68. The molecule has 0 aromatic carbocycles. The zero-order valence-electron chi connectivity index (χ0n) is 8.33. The third kappa shape index (κ3) is 1.44. The molecule has 1 N–H and O–H groups in total. The Morgan fingerprint density at radius 2 is 1.82 bits per heavy atom. The van der Waals surface area contributed by atoms with E-state index in [4.69, 9.17) is 0 Å². The summed E-state index contributed by atoms with van der Waals surface area (Å²) in [6.45, 7) is 11.8. The molecule has 1 rings (SSSR count). The lowest BCUT2D eigenvalue weighted by atomic mass is 9.67. The molecule has 66 valence electrons. The average molecular weight is 155 g/mol. The first-order chi connectivity index (χ1) is 5.02. The van der Waals surface area contributed by atoms with Gasteiger partial charge in [0.05, 0.1) is 0 Å². The molecular weight excluding hydrogens is 134 g/mol. The second-order valence-corrected chi connectivity index (χ2v) is 4.80. The maximum absolute atomic E-state index is 3.49. The maximum Gasteiger partial charge on any atom is 0.00110 e. The van der Waals surface area contributed by atoms with Crippen LogP contribution in [-0.2, 0) is 0 Å². The van der Waals surface area contributed by atoms with Gasteiger partial charge in [0.25, 0.3) is 0 Å². The summed E-state index contributed by atoms with van der Waals surface area (Å²) in [7, 11) is 0. The molecule has 11 heavy (non-hydrogen) atoms. The van der Waals surface area contributed by atoms with Crippen molar-refractivity contribution in [3.63, 3.8) is 0 Å². The van der Waals surface area contributed by atoms with Gasteiger partial charge in [0, 0.05) is 13.1 Å². The Bertz CT molecular complexity index is 140. The number of rotatable bonds is 2. The lowest BCUT2D eigenvalue weighted by molar-refractivity contribution is 0.143. The van der Waals surface area contributed by atoms with Gasteiger partial charge in [-0.3, -0.25) is 0 Å². The quantitative estimate of drug-likeness (QED) is 0.646. The Morgan fingerprint density at radius 1 is 1.18 bits per heavy atom. The van der Waals surface area contributed by atoms with E-state index in [1.54, 1.807) is 0 Å². The minimum atomic E-state index is 0.489. The highest BCUT2D eigenvalue weighted by molar-refractivity contribution is 4.97. The van der Waals surface area contributed by atoms with Crippen molar-refractivity contribution in [3.05, 3.63) is 0 Å². The Labute approximate surface area is 70.6 Å². The second kappa shape index (κ2) is 2.78. The smallest absolute Gasteiger partial charge is 0.00110 e. The molecule has 1 heterocycles. The van der Waals surface area contributed by atoms with Crippen LogP contribution in [0.25, 0.3) is 0 Å². The van der Waals surface area contributed by atoms with Crippen LogP contribution in [0.1, 0.15) is 40.5 Å². The van der Waals surface area contributed by atoms with E-state index in [1.807, 2.05) is 0 Å². The van der Waals surface area contributed by atoms with Crippen LogP contribution in [-0.4, -0.2) is 13.1 Å². The van der Waals surface area contributed by atoms with Crippen LogP contribution in [0.15, 0.2) is 0 Å². The summed E-state index contributed by atoms with van der Waals surface area (Å²) in [6.07, 6.45) is 2.66. The van der Waals surface area contributed by atoms with E-state index in [1.165, 1.54) is 25.9 Å². The van der Waals surface area contributed by atoms with Crippen molar-refractivity contribution in [1.82, 2.24) is 5.32 Å². The fraction of sp³-hybridized carbons (Fsp3) is 1.00. The van der Waals surface area contributed by atoms with Gasteiger partial charge in [0.15, 0.2) is 0 Å². The summed E-state index contributed by atoms with van der Waals surface area (Å²) in [5.41, 5.74) is 1.02. The maximum atomic E-state index is 3.49. The SMILES string of the molecule is CCC[C@@]1(C)CNCC1(C)C. The topological polar surface area (TPSA) is 12.0 Å². The normalized spacial score (nSPS) is 36.0. The number of hydrogen-bond acceptors (Lipinski definition) is 1. The van der Waals surface area contributed by atoms with Gasteiger partial charge in [-0.25, -0.2) is 0 Å². The van der Waals surface area contributed by atoms with E-state index in [-0.39, 0.29) is 0 Å². The van der Waals surface area contributed by atoms with Crippen LogP contribution in [0.3, 0.4) is 0 Å². The molecule has 0 aliphatic carbocycles. The molecule has 0 radical (unpaired) electrons. The highest BCUT2D eigenvalue weighted by Crippen LogP contribution is 2.44. The van der Waals surface area contributed by atoms with Crippen molar-refractivity contribution >= 4 is 0 Å². The molecule has 0 bridgehead atoms. The van der Waals surface area contributed by atoms with Crippen molar-refractivity contribution < 1.29 is 0 Å². The summed E-state index contributed by atoms with van der Waals surface area (Å²) in [6, 6.07) is 0. The lowest BCUT2D eigenvalue weighted by Gasteiger charge is -2.37. The second-order valence-electron chi connectivity index (χ2n) is 4.80. The van der Waals surface area contributed by atoms with Crippen molar-refractivity contribution in [2.45, 2.75) is 40.5 Å². The first-order valence-corrected chi connectivity index (χ1v) is 4.72. The molecule has 0 aromatic rings. The number of nitrogens with one attached hydrogen (secondary N) is 1. The van der Waals surface area contributed by atoms with Crippen LogP contribution < -0.4 is 5.32 Å². The van der Waals surface area contributed by atoms with Gasteiger partial charge >= 0.3 is 0 Å². The van der Waals surface area contributed by atoms with Crippen LogP contribution in [0.5, 0.6) is 0 Å². The van der Waals surface area contributed by atoms with E-state index in [2.05, 4.69) is 33.0 Å². The van der Waals surface area contributed by atoms with E-state index >= 15 is 0 Å². The molecule has 1 fully saturated rings. The van der Waals surface area contributed by atoms with Crippen molar-refractivity contribution in [2.24, 2.45) is 10.8 Å². The predicted molar refractivity (Wildman–Crippen MR) is 49.7 cm³/mol. The lowest BCUT2D eigenvalue weighted by Crippen LogP contribution is -2.33. The van der Waals surface area contributed by atoms with E-state index < -0.39 is 0 Å². The van der Waals surface area contributed by atoms with Gasteiger partial charge in [-0.15, -0.1) is 0 Å². The zero-order chi connectivity index (χ0) is 8.54. The molecule has 1 aliphatic rings. The fourth-order valence-corrected chi connectivity index (χ4v) is 2.08. The molecule has 0 amide bonds. The van der Waals surface area contributed by atoms with Crippen molar-refractivity contribution in [3.8, 4) is 0 Å². The van der Waals surface area contributed by atoms with E-state index in [0.717, 1.165) is 0 Å². The first-order valence-electron chi connectivity index (χ1n) is 4.72. The minimum absolute atomic E-state index is 0.489. The van der Waals surface area contributed by atoms with Crippen LogP contribution in [0.2, 0.25) is 0 Å².